The van der Waals surface area contributed by atoms with Crippen LogP contribution in [0.2, 0.25) is 0 Å². The van der Waals surface area contributed by atoms with E-state index in [1.807, 2.05) is 23.1 Å². The molecule has 0 radical (unpaired) electrons. The second-order valence-corrected chi connectivity index (χ2v) is 5.18. The molecule has 4 nitrogen and oxygen atoms in total. The summed E-state index contributed by atoms with van der Waals surface area (Å²) in [4.78, 5) is 14.6. The SMILES string of the molecule is O=C(C1COCCN1)N1CCCC1c1ccccc1. The molecule has 0 aliphatic carbocycles. The Morgan fingerprint density at radius 2 is 2.16 bits per heavy atom. The van der Waals surface area contributed by atoms with Crippen LogP contribution in [0.15, 0.2) is 30.3 Å². The van der Waals surface area contributed by atoms with E-state index in [1.54, 1.807) is 0 Å². The summed E-state index contributed by atoms with van der Waals surface area (Å²) in [6.45, 7) is 2.82. The third-order valence-electron chi connectivity index (χ3n) is 3.94. The number of morpholine rings is 1. The first-order chi connectivity index (χ1) is 9.36. The van der Waals surface area contributed by atoms with Crippen LogP contribution in [0.4, 0.5) is 0 Å². The molecule has 0 spiro atoms. The molecule has 102 valence electrons. The number of benzene rings is 1. The summed E-state index contributed by atoms with van der Waals surface area (Å²) in [5.74, 6) is 0.186. The van der Waals surface area contributed by atoms with E-state index in [-0.39, 0.29) is 18.0 Å². The van der Waals surface area contributed by atoms with Gasteiger partial charge in [-0.05, 0) is 18.4 Å². The van der Waals surface area contributed by atoms with E-state index >= 15 is 0 Å². The lowest BCUT2D eigenvalue weighted by Gasteiger charge is -2.31. The number of nitrogens with one attached hydrogen (secondary N) is 1. The van der Waals surface area contributed by atoms with Crippen LogP contribution in [0.5, 0.6) is 0 Å². The molecule has 2 heterocycles. The minimum absolute atomic E-state index is 0.168. The maximum atomic E-state index is 12.6. The molecule has 2 atom stereocenters. The smallest absolute Gasteiger partial charge is 0.242 e. The Morgan fingerprint density at radius 3 is 2.89 bits per heavy atom. The highest BCUT2D eigenvalue weighted by molar-refractivity contribution is 5.83. The van der Waals surface area contributed by atoms with Gasteiger partial charge in [-0.3, -0.25) is 4.79 Å². The Morgan fingerprint density at radius 1 is 1.32 bits per heavy atom. The van der Waals surface area contributed by atoms with Gasteiger partial charge in [-0.15, -0.1) is 0 Å². The number of rotatable bonds is 2. The van der Waals surface area contributed by atoms with Gasteiger partial charge in [0.1, 0.15) is 6.04 Å². The molecule has 2 unspecified atom stereocenters. The predicted octanol–water partition coefficient (Wildman–Crippen LogP) is 1.34. The van der Waals surface area contributed by atoms with Crippen molar-refractivity contribution in [2.24, 2.45) is 0 Å². The Hall–Kier alpha value is -1.39. The van der Waals surface area contributed by atoms with Crippen LogP contribution in [0.1, 0.15) is 24.4 Å². The van der Waals surface area contributed by atoms with Crippen molar-refractivity contribution in [3.8, 4) is 0 Å². The summed E-state index contributed by atoms with van der Waals surface area (Å²) in [6.07, 6.45) is 2.14. The zero-order valence-corrected chi connectivity index (χ0v) is 11.0. The molecule has 1 aromatic carbocycles. The van der Waals surface area contributed by atoms with Crippen molar-refractivity contribution < 1.29 is 9.53 Å². The van der Waals surface area contributed by atoms with Gasteiger partial charge < -0.3 is 15.0 Å². The second kappa shape index (κ2) is 5.72. The molecule has 1 N–H and O–H groups in total. The lowest BCUT2D eigenvalue weighted by atomic mass is 10.0. The molecule has 2 saturated heterocycles. The van der Waals surface area contributed by atoms with Crippen LogP contribution in [0, 0.1) is 0 Å². The Balaban J connectivity index is 1.74. The summed E-state index contributed by atoms with van der Waals surface area (Å²) < 4.78 is 5.39. The normalized spacial score (nSPS) is 27.5. The first-order valence-corrected chi connectivity index (χ1v) is 7.03. The third-order valence-corrected chi connectivity index (χ3v) is 3.94. The van der Waals surface area contributed by atoms with Crippen molar-refractivity contribution in [2.45, 2.75) is 24.9 Å². The summed E-state index contributed by atoms with van der Waals surface area (Å²) in [6, 6.07) is 10.4. The Bertz CT molecular complexity index is 429. The number of ether oxygens (including phenoxy) is 1. The lowest BCUT2D eigenvalue weighted by molar-refractivity contribution is -0.137. The first-order valence-electron chi connectivity index (χ1n) is 7.03. The number of nitrogens with zero attached hydrogens (tertiary/aromatic N) is 1. The quantitative estimate of drug-likeness (QED) is 0.872. The van der Waals surface area contributed by atoms with Crippen LogP contribution in [-0.4, -0.2) is 43.2 Å². The lowest BCUT2D eigenvalue weighted by Crippen LogP contribution is -2.52. The predicted molar refractivity (Wildman–Crippen MR) is 72.7 cm³/mol. The van der Waals surface area contributed by atoms with Gasteiger partial charge in [0.15, 0.2) is 0 Å². The molecular weight excluding hydrogens is 240 g/mol. The molecule has 4 heteroatoms. The molecule has 0 aromatic heterocycles. The zero-order valence-electron chi connectivity index (χ0n) is 11.0. The van der Waals surface area contributed by atoms with E-state index in [4.69, 9.17) is 4.74 Å². The molecule has 2 aliphatic rings. The molecule has 1 amide bonds. The maximum Gasteiger partial charge on any atom is 0.242 e. The fourth-order valence-corrected chi connectivity index (χ4v) is 2.98. The molecule has 0 saturated carbocycles. The van der Waals surface area contributed by atoms with Crippen LogP contribution in [0.3, 0.4) is 0 Å². The van der Waals surface area contributed by atoms with E-state index in [0.717, 1.165) is 25.9 Å². The van der Waals surface area contributed by atoms with Crippen molar-refractivity contribution in [3.05, 3.63) is 35.9 Å². The highest BCUT2D eigenvalue weighted by atomic mass is 16.5. The minimum Gasteiger partial charge on any atom is -0.378 e. The zero-order chi connectivity index (χ0) is 13.1. The van der Waals surface area contributed by atoms with Gasteiger partial charge in [0.2, 0.25) is 5.91 Å². The highest BCUT2D eigenvalue weighted by Gasteiger charge is 2.34. The number of hydrogen-bond donors (Lipinski definition) is 1. The second-order valence-electron chi connectivity index (χ2n) is 5.18. The Labute approximate surface area is 113 Å². The standard InChI is InChI=1S/C15H20N2O2/c18-15(13-11-19-10-8-16-13)17-9-4-7-14(17)12-5-2-1-3-6-12/h1-3,5-6,13-14,16H,4,7-11H2. The van der Waals surface area contributed by atoms with Crippen molar-refractivity contribution in [1.29, 1.82) is 0 Å². The van der Waals surface area contributed by atoms with E-state index < -0.39 is 0 Å². The molecule has 2 fully saturated rings. The van der Waals surface area contributed by atoms with Crippen molar-refractivity contribution in [1.82, 2.24) is 10.2 Å². The van der Waals surface area contributed by atoms with Gasteiger partial charge in [0.05, 0.1) is 19.3 Å². The van der Waals surface area contributed by atoms with Crippen LogP contribution in [0.25, 0.3) is 0 Å². The largest absolute Gasteiger partial charge is 0.378 e. The molecule has 2 aliphatic heterocycles. The molecular formula is C15H20N2O2. The van der Waals surface area contributed by atoms with Gasteiger partial charge in [-0.25, -0.2) is 0 Å². The summed E-state index contributed by atoms with van der Waals surface area (Å²) >= 11 is 0. The number of likely N-dealkylation sites (tertiary alicyclic amines) is 1. The van der Waals surface area contributed by atoms with Gasteiger partial charge >= 0.3 is 0 Å². The van der Waals surface area contributed by atoms with Crippen molar-refractivity contribution >= 4 is 5.91 Å². The molecule has 1 aromatic rings. The fraction of sp³-hybridized carbons (Fsp3) is 0.533. The van der Waals surface area contributed by atoms with Gasteiger partial charge in [-0.1, -0.05) is 30.3 Å². The summed E-state index contributed by atoms with van der Waals surface area (Å²) in [7, 11) is 0. The fourth-order valence-electron chi connectivity index (χ4n) is 2.98. The third kappa shape index (κ3) is 2.65. The average molecular weight is 260 g/mol. The molecule has 19 heavy (non-hydrogen) atoms. The Kier molecular flexibility index (Phi) is 3.80. The monoisotopic (exact) mass is 260 g/mol. The summed E-state index contributed by atoms with van der Waals surface area (Å²) in [5.41, 5.74) is 1.24. The average Bonchev–Trinajstić information content (AvgIpc) is 2.98. The van der Waals surface area contributed by atoms with Gasteiger partial charge in [-0.2, -0.15) is 0 Å². The van der Waals surface area contributed by atoms with E-state index in [9.17, 15) is 4.79 Å². The van der Waals surface area contributed by atoms with E-state index in [2.05, 4.69) is 17.4 Å². The van der Waals surface area contributed by atoms with Crippen molar-refractivity contribution in [2.75, 3.05) is 26.3 Å². The topological polar surface area (TPSA) is 41.6 Å². The van der Waals surface area contributed by atoms with Crippen LogP contribution >= 0.6 is 0 Å². The van der Waals surface area contributed by atoms with Gasteiger partial charge in [0.25, 0.3) is 0 Å². The van der Waals surface area contributed by atoms with Crippen LogP contribution < -0.4 is 5.32 Å². The number of hydrogen-bond acceptors (Lipinski definition) is 3. The molecule has 3 rings (SSSR count). The number of carbonyl (C=O) groups is 1. The van der Waals surface area contributed by atoms with Gasteiger partial charge in [0, 0.05) is 13.1 Å². The van der Waals surface area contributed by atoms with E-state index in [0.29, 0.717) is 13.2 Å². The van der Waals surface area contributed by atoms with Crippen molar-refractivity contribution in [3.63, 3.8) is 0 Å². The number of amides is 1. The maximum absolute atomic E-state index is 12.6. The molecule has 0 bridgehead atoms. The summed E-state index contributed by atoms with van der Waals surface area (Å²) in [5, 5.41) is 3.25. The van der Waals surface area contributed by atoms with E-state index in [1.165, 1.54) is 5.56 Å². The highest BCUT2D eigenvalue weighted by Crippen LogP contribution is 2.32. The first kappa shape index (κ1) is 12.6. The number of carbonyl (C=O) groups excluding carboxylic acids is 1. The van der Waals surface area contributed by atoms with Crippen LogP contribution in [-0.2, 0) is 9.53 Å². The minimum atomic E-state index is -0.168.